The summed E-state index contributed by atoms with van der Waals surface area (Å²) in [5.74, 6) is 0. The maximum atomic E-state index is 12.7. The molecule has 1 heterocycles. The van der Waals surface area contributed by atoms with Gasteiger partial charge in [0.2, 0.25) is 0 Å². The zero-order valence-corrected chi connectivity index (χ0v) is 14.6. The summed E-state index contributed by atoms with van der Waals surface area (Å²) in [6, 6.07) is 17.7. The molecule has 0 fully saturated rings. The molecule has 2 aromatic carbocycles. The monoisotopic (exact) mass is 348 g/mol. The summed E-state index contributed by atoms with van der Waals surface area (Å²) in [4.78, 5) is 1.10. The molecule has 0 saturated heterocycles. The van der Waals surface area contributed by atoms with E-state index in [0.717, 1.165) is 16.0 Å². The predicted octanol–water partition coefficient (Wildman–Crippen LogP) is 5.29. The highest BCUT2D eigenvalue weighted by Crippen LogP contribution is 2.62. The molecule has 6 heteroatoms. The Labute approximate surface area is 140 Å². The van der Waals surface area contributed by atoms with Gasteiger partial charge in [0, 0.05) is 30.2 Å². The fourth-order valence-electron chi connectivity index (χ4n) is 2.40. The number of benzene rings is 2. The number of hydrogen-bond acceptors (Lipinski definition) is 5. The van der Waals surface area contributed by atoms with Crippen molar-refractivity contribution in [2.45, 2.75) is 10.3 Å². The van der Waals surface area contributed by atoms with Crippen LogP contribution in [-0.2, 0) is 18.3 Å². The molecule has 3 rings (SSSR count). The van der Waals surface area contributed by atoms with E-state index in [0.29, 0.717) is 5.31 Å². The number of thioether (sulfide) groups is 1. The number of fused-ring (bicyclic) bond motifs is 1. The van der Waals surface area contributed by atoms with E-state index in [1.807, 2.05) is 54.6 Å². The first kappa shape index (κ1) is 16.3. The van der Waals surface area contributed by atoms with Crippen molar-refractivity contribution in [2.75, 3.05) is 14.2 Å². The molecule has 23 heavy (non-hydrogen) atoms. The molecular formula is C17H17O4PS. The van der Waals surface area contributed by atoms with Crippen LogP contribution in [0.15, 0.2) is 65.8 Å². The molecule has 1 aliphatic rings. The van der Waals surface area contributed by atoms with Crippen molar-refractivity contribution in [1.29, 1.82) is 0 Å². The minimum absolute atomic E-state index is 0.209. The van der Waals surface area contributed by atoms with E-state index < -0.39 is 7.60 Å². The summed E-state index contributed by atoms with van der Waals surface area (Å²) in [6.07, 6.45) is 1.50. The molecule has 1 aliphatic heterocycles. The molecular weight excluding hydrogens is 331 g/mol. The van der Waals surface area contributed by atoms with E-state index >= 15 is 0 Å². The first-order valence-corrected chi connectivity index (χ1v) is 9.49. The first-order chi connectivity index (χ1) is 11.2. The summed E-state index contributed by atoms with van der Waals surface area (Å²) in [6.45, 7) is 0. The van der Waals surface area contributed by atoms with Gasteiger partial charge in [-0.05, 0) is 12.1 Å². The van der Waals surface area contributed by atoms with Crippen molar-refractivity contribution < 1.29 is 18.3 Å². The molecule has 1 atom stereocenters. The van der Waals surface area contributed by atoms with Gasteiger partial charge in [-0.15, -0.1) is 0 Å². The van der Waals surface area contributed by atoms with Crippen LogP contribution in [0.5, 0.6) is 0 Å². The Balaban J connectivity index is 1.98. The Hall–Kier alpha value is -1.52. The standard InChI is InChI=1S/C17H17O4PS/c1-19-22(18,20-2)16-12-21-17(15-11-7-6-10-14(15)16)23-13-8-4-3-5-9-13/h3-12,17H,1-2H3. The van der Waals surface area contributed by atoms with Crippen molar-refractivity contribution in [3.63, 3.8) is 0 Å². The van der Waals surface area contributed by atoms with Gasteiger partial charge >= 0.3 is 7.60 Å². The number of ether oxygens (including phenoxy) is 1. The zero-order chi connectivity index (χ0) is 16.3. The second-order valence-electron chi connectivity index (χ2n) is 4.85. The van der Waals surface area contributed by atoms with Crippen LogP contribution in [0.3, 0.4) is 0 Å². The van der Waals surface area contributed by atoms with Gasteiger partial charge in [-0.2, -0.15) is 0 Å². The van der Waals surface area contributed by atoms with Crippen molar-refractivity contribution >= 4 is 24.7 Å². The van der Waals surface area contributed by atoms with Crippen LogP contribution in [0.1, 0.15) is 16.6 Å². The summed E-state index contributed by atoms with van der Waals surface area (Å²) in [5, 5.41) is 0.447. The SMILES string of the molecule is COP(=O)(OC)C1=COC(Sc2ccccc2)c2ccccc21. The molecule has 0 bridgehead atoms. The Bertz CT molecular complexity index is 752. The molecule has 0 amide bonds. The minimum atomic E-state index is -3.37. The maximum absolute atomic E-state index is 12.7. The molecule has 0 N–H and O–H groups in total. The summed E-state index contributed by atoms with van der Waals surface area (Å²) in [7, 11) is -0.624. The molecule has 0 aromatic heterocycles. The van der Waals surface area contributed by atoms with Gasteiger partial charge in [0.05, 0.1) is 0 Å². The van der Waals surface area contributed by atoms with E-state index in [-0.39, 0.29) is 5.44 Å². The van der Waals surface area contributed by atoms with Gasteiger partial charge in [-0.1, -0.05) is 54.2 Å². The van der Waals surface area contributed by atoms with Gasteiger partial charge in [-0.25, -0.2) is 0 Å². The Morgan fingerprint density at radius 3 is 2.35 bits per heavy atom. The second-order valence-corrected chi connectivity index (χ2v) is 8.19. The van der Waals surface area contributed by atoms with Gasteiger partial charge in [-0.3, -0.25) is 4.57 Å². The minimum Gasteiger partial charge on any atom is -0.481 e. The fourth-order valence-corrected chi connectivity index (χ4v) is 4.63. The van der Waals surface area contributed by atoms with Crippen molar-refractivity contribution in [3.05, 3.63) is 72.0 Å². The third kappa shape index (κ3) is 3.24. The van der Waals surface area contributed by atoms with E-state index in [9.17, 15) is 4.57 Å². The third-order valence-electron chi connectivity index (χ3n) is 3.56. The fraction of sp³-hybridized carbons (Fsp3) is 0.176. The summed E-state index contributed by atoms with van der Waals surface area (Å²) in [5.41, 5.74) is 1.58. The number of hydrogen-bond donors (Lipinski definition) is 0. The molecule has 4 nitrogen and oxygen atoms in total. The van der Waals surface area contributed by atoms with Gasteiger partial charge in [0.1, 0.15) is 11.6 Å². The highest BCUT2D eigenvalue weighted by Gasteiger charge is 2.35. The molecule has 1 unspecified atom stereocenters. The van der Waals surface area contributed by atoms with Crippen LogP contribution < -0.4 is 0 Å². The van der Waals surface area contributed by atoms with Crippen LogP contribution in [0.4, 0.5) is 0 Å². The van der Waals surface area contributed by atoms with Crippen LogP contribution in [0, 0.1) is 0 Å². The Morgan fingerprint density at radius 2 is 1.65 bits per heavy atom. The second kappa shape index (κ2) is 6.93. The number of rotatable bonds is 5. The molecule has 0 saturated carbocycles. The van der Waals surface area contributed by atoms with Crippen LogP contribution in [0.2, 0.25) is 0 Å². The predicted molar refractivity (Wildman–Crippen MR) is 92.2 cm³/mol. The highest BCUT2D eigenvalue weighted by atomic mass is 32.2. The van der Waals surface area contributed by atoms with Crippen LogP contribution >= 0.6 is 19.4 Å². The lowest BCUT2D eigenvalue weighted by atomic mass is 10.1. The Kier molecular flexibility index (Phi) is 4.93. The lowest BCUT2D eigenvalue weighted by Crippen LogP contribution is -2.08. The van der Waals surface area contributed by atoms with Crippen LogP contribution in [-0.4, -0.2) is 14.2 Å². The topological polar surface area (TPSA) is 44.8 Å². The van der Waals surface area contributed by atoms with Crippen LogP contribution in [0.25, 0.3) is 5.31 Å². The van der Waals surface area contributed by atoms with E-state index in [1.54, 1.807) is 11.8 Å². The molecule has 0 spiro atoms. The average molecular weight is 348 g/mol. The highest BCUT2D eigenvalue weighted by molar-refractivity contribution is 7.99. The quantitative estimate of drug-likeness (QED) is 0.687. The lowest BCUT2D eigenvalue weighted by molar-refractivity contribution is 0.221. The molecule has 2 aromatic rings. The molecule has 0 radical (unpaired) electrons. The third-order valence-corrected chi connectivity index (χ3v) is 6.58. The lowest BCUT2D eigenvalue weighted by Gasteiger charge is -2.28. The van der Waals surface area contributed by atoms with Gasteiger partial charge < -0.3 is 13.8 Å². The van der Waals surface area contributed by atoms with E-state index in [1.165, 1.54) is 20.5 Å². The van der Waals surface area contributed by atoms with E-state index in [4.69, 9.17) is 13.8 Å². The van der Waals surface area contributed by atoms with Gasteiger partial charge in [0.25, 0.3) is 0 Å². The molecule has 0 aliphatic carbocycles. The maximum Gasteiger partial charge on any atom is 0.364 e. The average Bonchev–Trinajstić information content (AvgIpc) is 2.62. The largest absolute Gasteiger partial charge is 0.481 e. The summed E-state index contributed by atoms with van der Waals surface area (Å²) >= 11 is 1.60. The Morgan fingerprint density at radius 1 is 1.00 bits per heavy atom. The zero-order valence-electron chi connectivity index (χ0n) is 12.8. The van der Waals surface area contributed by atoms with E-state index in [2.05, 4.69) is 0 Å². The van der Waals surface area contributed by atoms with Crippen molar-refractivity contribution in [2.24, 2.45) is 0 Å². The summed E-state index contributed by atoms with van der Waals surface area (Å²) < 4.78 is 28.8. The smallest absolute Gasteiger partial charge is 0.364 e. The van der Waals surface area contributed by atoms with Crippen molar-refractivity contribution in [1.82, 2.24) is 0 Å². The van der Waals surface area contributed by atoms with Gasteiger partial charge in [0.15, 0.2) is 5.44 Å². The first-order valence-electron chi connectivity index (χ1n) is 7.06. The van der Waals surface area contributed by atoms with Crippen molar-refractivity contribution in [3.8, 4) is 0 Å². The molecule has 120 valence electrons. The normalized spacial score (nSPS) is 17.1.